The van der Waals surface area contributed by atoms with Crippen molar-refractivity contribution in [2.24, 2.45) is 0 Å². The van der Waals surface area contributed by atoms with Crippen LogP contribution in [0.4, 0.5) is 5.82 Å². The van der Waals surface area contributed by atoms with Gasteiger partial charge in [-0.1, -0.05) is 24.3 Å². The van der Waals surface area contributed by atoms with Crippen LogP contribution >= 0.6 is 0 Å². The van der Waals surface area contributed by atoms with Crippen LogP contribution in [0.2, 0.25) is 0 Å². The van der Waals surface area contributed by atoms with E-state index in [1.807, 2.05) is 24.3 Å². The number of aliphatic hydroxyl groups is 1. The summed E-state index contributed by atoms with van der Waals surface area (Å²) in [6.45, 7) is 0.639. The first-order valence-electron chi connectivity index (χ1n) is 6.21. The van der Waals surface area contributed by atoms with E-state index in [1.165, 1.54) is 0 Å². The van der Waals surface area contributed by atoms with E-state index in [9.17, 15) is 4.79 Å². The standard InChI is InChI=1S/C14H16N4O2/c1-15-14(20)12-6-7-13(18-17-12)16-8-10-2-4-11(9-19)5-3-10/h2-7,19H,8-9H2,1H3,(H,15,20)(H,16,18). The van der Waals surface area contributed by atoms with Gasteiger partial charge in [0.05, 0.1) is 6.61 Å². The summed E-state index contributed by atoms with van der Waals surface area (Å²) in [7, 11) is 1.55. The van der Waals surface area contributed by atoms with Crippen LogP contribution in [0.5, 0.6) is 0 Å². The molecule has 0 aliphatic carbocycles. The number of aromatic nitrogens is 2. The Bertz CT molecular complexity index is 567. The van der Waals surface area contributed by atoms with Crippen molar-refractivity contribution in [1.82, 2.24) is 15.5 Å². The van der Waals surface area contributed by atoms with Crippen LogP contribution in [0, 0.1) is 0 Å². The number of nitrogens with zero attached hydrogens (tertiary/aromatic N) is 2. The molecule has 0 spiro atoms. The van der Waals surface area contributed by atoms with Gasteiger partial charge in [-0.3, -0.25) is 4.79 Å². The van der Waals surface area contributed by atoms with E-state index in [2.05, 4.69) is 20.8 Å². The van der Waals surface area contributed by atoms with Gasteiger partial charge in [-0.2, -0.15) is 0 Å². The largest absolute Gasteiger partial charge is 0.392 e. The third kappa shape index (κ3) is 3.52. The predicted octanol–water partition coefficient (Wildman–Crippen LogP) is 0.941. The lowest BCUT2D eigenvalue weighted by Gasteiger charge is -2.06. The molecule has 0 saturated carbocycles. The van der Waals surface area contributed by atoms with Crippen molar-refractivity contribution in [1.29, 1.82) is 0 Å². The number of carbonyl (C=O) groups excluding carboxylic acids is 1. The Balaban J connectivity index is 1.94. The number of carbonyl (C=O) groups is 1. The second-order valence-corrected chi connectivity index (χ2v) is 4.21. The maximum Gasteiger partial charge on any atom is 0.271 e. The van der Waals surface area contributed by atoms with Crippen molar-refractivity contribution < 1.29 is 9.90 Å². The number of benzene rings is 1. The molecule has 0 bridgehead atoms. The van der Waals surface area contributed by atoms with Crippen LogP contribution in [-0.2, 0) is 13.2 Å². The molecule has 3 N–H and O–H groups in total. The minimum atomic E-state index is -0.261. The number of anilines is 1. The van der Waals surface area contributed by atoms with Crippen molar-refractivity contribution in [3.05, 3.63) is 53.2 Å². The topological polar surface area (TPSA) is 87.1 Å². The lowest BCUT2D eigenvalue weighted by Crippen LogP contribution is -2.19. The molecule has 6 heteroatoms. The smallest absolute Gasteiger partial charge is 0.271 e. The number of hydrogen-bond acceptors (Lipinski definition) is 5. The Morgan fingerprint density at radius 3 is 2.35 bits per heavy atom. The molecule has 2 aromatic rings. The first-order chi connectivity index (χ1) is 9.72. The summed E-state index contributed by atoms with van der Waals surface area (Å²) >= 11 is 0. The van der Waals surface area contributed by atoms with E-state index in [0.717, 1.165) is 11.1 Å². The van der Waals surface area contributed by atoms with Gasteiger partial charge >= 0.3 is 0 Å². The highest BCUT2D eigenvalue weighted by molar-refractivity contribution is 5.91. The molecule has 2 rings (SSSR count). The Morgan fingerprint density at radius 1 is 1.10 bits per heavy atom. The van der Waals surface area contributed by atoms with E-state index < -0.39 is 0 Å². The fraction of sp³-hybridized carbons (Fsp3) is 0.214. The van der Waals surface area contributed by atoms with Gasteiger partial charge in [-0.25, -0.2) is 0 Å². The summed E-state index contributed by atoms with van der Waals surface area (Å²) in [5.74, 6) is 0.340. The fourth-order valence-corrected chi connectivity index (χ4v) is 1.63. The number of amides is 1. The summed E-state index contributed by atoms with van der Waals surface area (Å²) in [5, 5.41) is 22.3. The Hall–Kier alpha value is -2.47. The van der Waals surface area contributed by atoms with Crippen molar-refractivity contribution in [3.63, 3.8) is 0 Å². The van der Waals surface area contributed by atoms with Gasteiger partial charge < -0.3 is 15.7 Å². The van der Waals surface area contributed by atoms with Gasteiger partial charge in [0.1, 0.15) is 5.82 Å². The fourth-order valence-electron chi connectivity index (χ4n) is 1.63. The Kier molecular flexibility index (Phi) is 4.62. The molecular weight excluding hydrogens is 256 g/mol. The van der Waals surface area contributed by atoms with Crippen LogP contribution in [0.25, 0.3) is 0 Å². The highest BCUT2D eigenvalue weighted by atomic mass is 16.3. The molecule has 0 aliphatic rings. The van der Waals surface area contributed by atoms with Crippen LogP contribution in [0.15, 0.2) is 36.4 Å². The molecule has 104 valence electrons. The maximum atomic E-state index is 11.3. The molecular formula is C14H16N4O2. The predicted molar refractivity (Wildman–Crippen MR) is 75.1 cm³/mol. The first-order valence-corrected chi connectivity index (χ1v) is 6.21. The van der Waals surface area contributed by atoms with Gasteiger partial charge in [-0.15, -0.1) is 10.2 Å². The lowest BCUT2D eigenvalue weighted by atomic mass is 10.1. The average Bonchev–Trinajstić information content (AvgIpc) is 2.53. The Labute approximate surface area is 116 Å². The van der Waals surface area contributed by atoms with Crippen LogP contribution in [0.1, 0.15) is 21.6 Å². The van der Waals surface area contributed by atoms with E-state index in [1.54, 1.807) is 19.2 Å². The summed E-state index contributed by atoms with van der Waals surface area (Å²) < 4.78 is 0. The molecule has 0 saturated heterocycles. The van der Waals surface area contributed by atoms with Gasteiger partial charge in [0, 0.05) is 13.6 Å². The van der Waals surface area contributed by atoms with Gasteiger partial charge in [0.15, 0.2) is 5.69 Å². The minimum Gasteiger partial charge on any atom is -0.392 e. The Morgan fingerprint density at radius 2 is 1.80 bits per heavy atom. The summed E-state index contributed by atoms with van der Waals surface area (Å²) in [6.07, 6.45) is 0. The lowest BCUT2D eigenvalue weighted by molar-refractivity contribution is 0.0957. The van der Waals surface area contributed by atoms with Gasteiger partial charge in [0.25, 0.3) is 5.91 Å². The monoisotopic (exact) mass is 272 g/mol. The zero-order valence-electron chi connectivity index (χ0n) is 11.1. The van der Waals surface area contributed by atoms with Crippen molar-refractivity contribution >= 4 is 11.7 Å². The van der Waals surface area contributed by atoms with Crippen LogP contribution < -0.4 is 10.6 Å². The summed E-state index contributed by atoms with van der Waals surface area (Å²) in [5.41, 5.74) is 2.23. The van der Waals surface area contributed by atoms with E-state index in [0.29, 0.717) is 12.4 Å². The number of hydrogen-bond donors (Lipinski definition) is 3. The zero-order valence-corrected chi connectivity index (χ0v) is 11.1. The average molecular weight is 272 g/mol. The first kappa shape index (κ1) is 14.0. The van der Waals surface area contributed by atoms with Crippen LogP contribution in [-0.4, -0.2) is 28.3 Å². The van der Waals surface area contributed by atoms with E-state index in [4.69, 9.17) is 5.11 Å². The molecule has 0 atom stereocenters. The van der Waals surface area contributed by atoms with Crippen molar-refractivity contribution in [2.45, 2.75) is 13.2 Å². The van der Waals surface area contributed by atoms with E-state index in [-0.39, 0.29) is 18.2 Å². The maximum absolute atomic E-state index is 11.3. The van der Waals surface area contributed by atoms with Gasteiger partial charge in [-0.05, 0) is 23.3 Å². The highest BCUT2D eigenvalue weighted by Crippen LogP contribution is 2.08. The SMILES string of the molecule is CNC(=O)c1ccc(NCc2ccc(CO)cc2)nn1. The molecule has 0 fully saturated rings. The zero-order chi connectivity index (χ0) is 14.4. The molecule has 1 aromatic heterocycles. The molecule has 0 radical (unpaired) electrons. The number of aliphatic hydroxyl groups excluding tert-OH is 1. The summed E-state index contributed by atoms with van der Waals surface area (Å²) in [6, 6.07) is 10.9. The second-order valence-electron chi connectivity index (χ2n) is 4.21. The molecule has 1 amide bonds. The third-order valence-corrected chi connectivity index (χ3v) is 2.80. The van der Waals surface area contributed by atoms with Crippen LogP contribution in [0.3, 0.4) is 0 Å². The van der Waals surface area contributed by atoms with Gasteiger partial charge in [0.2, 0.25) is 0 Å². The van der Waals surface area contributed by atoms with Crippen molar-refractivity contribution in [3.8, 4) is 0 Å². The molecule has 6 nitrogen and oxygen atoms in total. The molecule has 20 heavy (non-hydrogen) atoms. The van der Waals surface area contributed by atoms with E-state index >= 15 is 0 Å². The molecule has 1 heterocycles. The summed E-state index contributed by atoms with van der Waals surface area (Å²) in [4.78, 5) is 11.3. The van der Waals surface area contributed by atoms with Crippen molar-refractivity contribution in [2.75, 3.05) is 12.4 Å². The molecule has 0 unspecified atom stereocenters. The number of nitrogens with one attached hydrogen (secondary N) is 2. The molecule has 1 aromatic carbocycles. The second kappa shape index (κ2) is 6.63. The normalized spacial score (nSPS) is 10.1. The highest BCUT2D eigenvalue weighted by Gasteiger charge is 2.05. The number of rotatable bonds is 5. The minimum absolute atomic E-state index is 0.0418. The quantitative estimate of drug-likeness (QED) is 0.754. The third-order valence-electron chi connectivity index (χ3n) is 2.80. The molecule has 0 aliphatic heterocycles.